The van der Waals surface area contributed by atoms with Crippen molar-refractivity contribution in [2.24, 2.45) is 5.41 Å². The highest BCUT2D eigenvalue weighted by Gasteiger charge is 2.37. The van der Waals surface area contributed by atoms with Crippen LogP contribution in [0.2, 0.25) is 0 Å². The lowest BCUT2D eigenvalue weighted by Crippen LogP contribution is -2.33. The Kier molecular flexibility index (Phi) is 5.72. The van der Waals surface area contributed by atoms with E-state index in [0.29, 0.717) is 11.3 Å². The van der Waals surface area contributed by atoms with Crippen molar-refractivity contribution in [3.63, 3.8) is 0 Å². The number of aromatic nitrogens is 2. The lowest BCUT2D eigenvalue weighted by molar-refractivity contribution is -0.00788. The molecule has 2 N–H and O–H groups in total. The van der Waals surface area contributed by atoms with E-state index in [4.69, 9.17) is 4.74 Å². The lowest BCUT2D eigenvalue weighted by Gasteiger charge is -2.42. The lowest BCUT2D eigenvalue weighted by atomic mass is 9.65. The van der Waals surface area contributed by atoms with Gasteiger partial charge in [-0.05, 0) is 58.0 Å². The topological polar surface area (TPSA) is 53.2 Å². The van der Waals surface area contributed by atoms with Gasteiger partial charge in [-0.15, -0.1) is 0 Å². The van der Waals surface area contributed by atoms with E-state index in [1.54, 1.807) is 0 Å². The summed E-state index contributed by atoms with van der Waals surface area (Å²) in [7, 11) is 4.19. The van der Waals surface area contributed by atoms with E-state index in [-0.39, 0.29) is 0 Å². The van der Waals surface area contributed by atoms with Crippen molar-refractivity contribution in [2.75, 3.05) is 40.4 Å². The van der Waals surface area contributed by atoms with E-state index in [9.17, 15) is 0 Å². The molecule has 1 aromatic heterocycles. The molecule has 0 radical (unpaired) electrons. The zero-order valence-corrected chi connectivity index (χ0v) is 14.7. The van der Waals surface area contributed by atoms with E-state index in [1.807, 2.05) is 7.05 Å². The van der Waals surface area contributed by atoms with E-state index < -0.39 is 0 Å². The minimum atomic E-state index is 0.578. The van der Waals surface area contributed by atoms with Crippen LogP contribution in [-0.2, 0) is 11.3 Å². The molecule has 1 aliphatic heterocycles. The number of likely N-dealkylation sites (N-methyl/N-ethyl adjacent to an activating group) is 2. The molecular formula is C18H32N4O. The maximum atomic E-state index is 5.56. The van der Waals surface area contributed by atoms with Crippen molar-refractivity contribution in [3.05, 3.63) is 17.5 Å². The summed E-state index contributed by atoms with van der Waals surface area (Å²) in [6, 6.07) is 0. The molecule has 2 heterocycles. The molecule has 1 aliphatic carbocycles. The van der Waals surface area contributed by atoms with Crippen LogP contribution in [0.25, 0.3) is 0 Å². The van der Waals surface area contributed by atoms with Crippen LogP contribution in [0.5, 0.6) is 0 Å². The van der Waals surface area contributed by atoms with Crippen LogP contribution in [0.15, 0.2) is 6.20 Å². The highest BCUT2D eigenvalue weighted by atomic mass is 16.5. The Morgan fingerprint density at radius 2 is 2.04 bits per heavy atom. The molecule has 2 fully saturated rings. The average Bonchev–Trinajstić information content (AvgIpc) is 3.02. The van der Waals surface area contributed by atoms with Gasteiger partial charge in [0.15, 0.2) is 0 Å². The normalized spacial score (nSPS) is 22.0. The number of rotatable bonds is 6. The van der Waals surface area contributed by atoms with Crippen molar-refractivity contribution < 1.29 is 4.74 Å². The number of aromatic amines is 1. The Bertz CT molecular complexity index is 471. The largest absolute Gasteiger partial charge is 0.381 e. The van der Waals surface area contributed by atoms with Gasteiger partial charge in [0.2, 0.25) is 0 Å². The van der Waals surface area contributed by atoms with Crippen LogP contribution in [0, 0.1) is 5.41 Å². The predicted octanol–water partition coefficient (Wildman–Crippen LogP) is 2.52. The highest BCUT2D eigenvalue weighted by Crippen LogP contribution is 2.48. The van der Waals surface area contributed by atoms with E-state index in [2.05, 4.69) is 33.7 Å². The first-order valence-electron chi connectivity index (χ1n) is 9.16. The van der Waals surface area contributed by atoms with E-state index in [1.165, 1.54) is 49.8 Å². The minimum absolute atomic E-state index is 0.578. The second-order valence-electron chi connectivity index (χ2n) is 7.52. The van der Waals surface area contributed by atoms with Crippen molar-refractivity contribution in [3.8, 4) is 0 Å². The molecule has 0 amide bonds. The first-order chi connectivity index (χ1) is 11.2. The Hall–Kier alpha value is -0.910. The number of hydrogen-bond acceptors (Lipinski definition) is 4. The smallest absolute Gasteiger partial charge is 0.0697 e. The fraction of sp³-hybridized carbons (Fsp3) is 0.833. The maximum absolute atomic E-state index is 5.56. The maximum Gasteiger partial charge on any atom is 0.0697 e. The van der Waals surface area contributed by atoms with Crippen molar-refractivity contribution in [1.82, 2.24) is 20.4 Å². The third-order valence-electron chi connectivity index (χ3n) is 5.92. The van der Waals surface area contributed by atoms with Crippen LogP contribution in [0.4, 0.5) is 0 Å². The molecule has 1 spiro atoms. The van der Waals surface area contributed by atoms with Gasteiger partial charge in [0, 0.05) is 50.5 Å². The summed E-state index contributed by atoms with van der Waals surface area (Å²) < 4.78 is 5.56. The Balaban J connectivity index is 1.57. The predicted molar refractivity (Wildman–Crippen MR) is 92.5 cm³/mol. The first kappa shape index (κ1) is 16.9. The molecule has 0 unspecified atom stereocenters. The standard InChI is InChI=1S/C18H32N4O/c1-19-9-10-22(2)14-16-13-20-21-17(16)15-3-5-18(6-4-15)7-11-23-12-8-18/h13,15,19H,3-12,14H2,1-2H3,(H,20,21). The fourth-order valence-corrected chi connectivity index (χ4v) is 4.29. The minimum Gasteiger partial charge on any atom is -0.381 e. The SMILES string of the molecule is CNCCN(C)Cc1c[nH]nc1C1CCC2(CCOCC2)CC1. The van der Waals surface area contributed by atoms with Gasteiger partial charge in [0.1, 0.15) is 0 Å². The molecule has 1 aromatic rings. The van der Waals surface area contributed by atoms with Crippen LogP contribution in [-0.4, -0.2) is 55.5 Å². The summed E-state index contributed by atoms with van der Waals surface area (Å²) in [6.45, 7) is 5.01. The average molecular weight is 320 g/mol. The monoisotopic (exact) mass is 320 g/mol. The quantitative estimate of drug-likeness (QED) is 0.846. The van der Waals surface area contributed by atoms with Gasteiger partial charge in [0.05, 0.1) is 5.69 Å². The van der Waals surface area contributed by atoms with Crippen LogP contribution >= 0.6 is 0 Å². The third-order valence-corrected chi connectivity index (χ3v) is 5.92. The van der Waals surface area contributed by atoms with Gasteiger partial charge in [-0.3, -0.25) is 5.10 Å². The summed E-state index contributed by atoms with van der Waals surface area (Å²) in [6.07, 6.45) is 9.91. The van der Waals surface area contributed by atoms with Crippen LogP contribution in [0.1, 0.15) is 55.7 Å². The van der Waals surface area contributed by atoms with Gasteiger partial charge in [-0.1, -0.05) is 0 Å². The van der Waals surface area contributed by atoms with Gasteiger partial charge in [0.25, 0.3) is 0 Å². The molecule has 3 rings (SSSR count). The Labute approximate surface area is 140 Å². The molecule has 5 heteroatoms. The fourth-order valence-electron chi connectivity index (χ4n) is 4.29. The highest BCUT2D eigenvalue weighted by molar-refractivity contribution is 5.21. The number of H-pyrrole nitrogens is 1. The molecule has 1 saturated heterocycles. The van der Waals surface area contributed by atoms with Gasteiger partial charge >= 0.3 is 0 Å². The first-order valence-corrected chi connectivity index (χ1v) is 9.16. The van der Waals surface area contributed by atoms with Crippen molar-refractivity contribution >= 4 is 0 Å². The molecule has 5 nitrogen and oxygen atoms in total. The molecule has 2 aliphatic rings. The molecule has 23 heavy (non-hydrogen) atoms. The molecule has 0 aromatic carbocycles. The number of nitrogens with one attached hydrogen (secondary N) is 2. The van der Waals surface area contributed by atoms with E-state index in [0.717, 1.165) is 32.8 Å². The molecule has 0 bridgehead atoms. The van der Waals surface area contributed by atoms with Crippen molar-refractivity contribution in [2.45, 2.75) is 51.0 Å². The number of ether oxygens (including phenoxy) is 1. The summed E-state index contributed by atoms with van der Waals surface area (Å²) in [5.74, 6) is 0.641. The van der Waals surface area contributed by atoms with Crippen LogP contribution in [0.3, 0.4) is 0 Å². The van der Waals surface area contributed by atoms with Crippen molar-refractivity contribution in [1.29, 1.82) is 0 Å². The molecule has 130 valence electrons. The summed E-state index contributed by atoms with van der Waals surface area (Å²) in [5, 5.41) is 10.9. The zero-order chi connectivity index (χ0) is 16.1. The molecule has 0 atom stereocenters. The molecular weight excluding hydrogens is 288 g/mol. The third kappa shape index (κ3) is 4.14. The second-order valence-corrected chi connectivity index (χ2v) is 7.52. The Morgan fingerprint density at radius 1 is 1.30 bits per heavy atom. The number of hydrogen-bond donors (Lipinski definition) is 2. The van der Waals surface area contributed by atoms with Crippen LogP contribution < -0.4 is 5.32 Å². The summed E-state index contributed by atoms with van der Waals surface area (Å²) >= 11 is 0. The zero-order valence-electron chi connectivity index (χ0n) is 14.7. The second kappa shape index (κ2) is 7.77. The molecule has 1 saturated carbocycles. The Morgan fingerprint density at radius 3 is 2.74 bits per heavy atom. The van der Waals surface area contributed by atoms with Gasteiger partial charge in [-0.2, -0.15) is 5.10 Å². The number of nitrogens with zero attached hydrogens (tertiary/aromatic N) is 2. The summed E-state index contributed by atoms with van der Waals surface area (Å²) in [4.78, 5) is 2.37. The van der Waals surface area contributed by atoms with E-state index >= 15 is 0 Å². The van der Waals surface area contributed by atoms with Gasteiger partial charge in [-0.25, -0.2) is 0 Å². The summed E-state index contributed by atoms with van der Waals surface area (Å²) in [5.41, 5.74) is 3.29. The van der Waals surface area contributed by atoms with Gasteiger partial charge < -0.3 is 15.0 Å².